The Morgan fingerprint density at radius 1 is 0.870 bits per heavy atom. The fourth-order valence-electron chi connectivity index (χ4n) is 3.05. The summed E-state index contributed by atoms with van der Waals surface area (Å²) in [6, 6.07) is 22.0. The van der Waals surface area contributed by atoms with Crippen molar-refractivity contribution in [2.75, 3.05) is 7.11 Å². The van der Waals surface area contributed by atoms with Gasteiger partial charge in [-0.1, -0.05) is 54.6 Å². The number of benzene rings is 2. The largest absolute Gasteiger partial charge is 0.465 e. The zero-order valence-corrected chi connectivity index (χ0v) is 12.7. The van der Waals surface area contributed by atoms with Gasteiger partial charge in [-0.2, -0.15) is 0 Å². The first-order valence-electron chi connectivity index (χ1n) is 7.46. The third-order valence-corrected chi connectivity index (χ3v) is 4.13. The van der Waals surface area contributed by atoms with E-state index in [0.29, 0.717) is 5.56 Å². The summed E-state index contributed by atoms with van der Waals surface area (Å²) in [5, 5.41) is 1.13. The molecule has 0 atom stereocenters. The van der Waals surface area contributed by atoms with E-state index in [4.69, 9.17) is 4.74 Å². The number of methoxy groups -OCH3 is 1. The van der Waals surface area contributed by atoms with Crippen LogP contribution in [0.1, 0.15) is 10.4 Å². The van der Waals surface area contributed by atoms with Gasteiger partial charge in [0.05, 0.1) is 23.7 Å². The van der Waals surface area contributed by atoms with Gasteiger partial charge in [0, 0.05) is 11.8 Å². The number of hydrogen-bond acceptors (Lipinski definition) is 2. The summed E-state index contributed by atoms with van der Waals surface area (Å²) in [4.78, 5) is 12.4. The highest BCUT2D eigenvalue weighted by Gasteiger charge is 2.20. The number of fused-ring (bicyclic) bond motifs is 3. The van der Waals surface area contributed by atoms with Crippen LogP contribution in [0.3, 0.4) is 0 Å². The molecule has 0 saturated carbocycles. The number of aromatic nitrogens is 1. The third-order valence-electron chi connectivity index (χ3n) is 4.13. The topological polar surface area (TPSA) is 30.7 Å². The molecule has 0 radical (unpaired) electrons. The molecule has 3 heteroatoms. The van der Waals surface area contributed by atoms with Gasteiger partial charge in [0.25, 0.3) is 0 Å². The van der Waals surface area contributed by atoms with Gasteiger partial charge in [-0.25, -0.2) is 4.79 Å². The van der Waals surface area contributed by atoms with Crippen molar-refractivity contribution in [3.8, 4) is 11.1 Å². The highest BCUT2D eigenvalue weighted by molar-refractivity contribution is 6.06. The molecule has 3 nitrogen and oxygen atoms in total. The number of para-hydroxylation sites is 1. The van der Waals surface area contributed by atoms with E-state index in [9.17, 15) is 4.79 Å². The molecule has 2 aromatic carbocycles. The number of esters is 1. The first-order valence-corrected chi connectivity index (χ1v) is 7.46. The molecule has 0 aliphatic rings. The summed E-state index contributed by atoms with van der Waals surface area (Å²) < 4.78 is 7.08. The maximum absolute atomic E-state index is 12.4. The van der Waals surface area contributed by atoms with E-state index in [1.807, 2.05) is 60.8 Å². The molecule has 0 spiro atoms. The normalized spacial score (nSPS) is 11.0. The van der Waals surface area contributed by atoms with Crippen molar-refractivity contribution < 1.29 is 9.53 Å². The van der Waals surface area contributed by atoms with E-state index in [1.54, 1.807) is 0 Å². The van der Waals surface area contributed by atoms with Crippen molar-refractivity contribution in [3.05, 3.63) is 78.5 Å². The van der Waals surface area contributed by atoms with Gasteiger partial charge < -0.3 is 9.14 Å². The zero-order chi connectivity index (χ0) is 15.8. The average Bonchev–Trinajstić information content (AvgIpc) is 3.02. The summed E-state index contributed by atoms with van der Waals surface area (Å²) in [6.45, 7) is 0. The van der Waals surface area contributed by atoms with E-state index in [0.717, 1.165) is 27.5 Å². The predicted molar refractivity (Wildman–Crippen MR) is 91.7 cm³/mol. The van der Waals surface area contributed by atoms with Gasteiger partial charge in [0.2, 0.25) is 0 Å². The molecule has 0 fully saturated rings. The number of nitrogens with zero attached hydrogens (tertiary/aromatic N) is 1. The van der Waals surface area contributed by atoms with E-state index in [2.05, 4.69) is 16.5 Å². The maximum atomic E-state index is 12.4. The van der Waals surface area contributed by atoms with Crippen molar-refractivity contribution in [3.63, 3.8) is 0 Å². The lowest BCUT2D eigenvalue weighted by molar-refractivity contribution is 0.0604. The molecule has 0 aliphatic carbocycles. The predicted octanol–water partition coefficient (Wildman–Crippen LogP) is 4.55. The summed E-state index contributed by atoms with van der Waals surface area (Å²) in [5.74, 6) is -0.318. The van der Waals surface area contributed by atoms with Crippen LogP contribution in [-0.2, 0) is 4.74 Å². The fraction of sp³-hybridized carbons (Fsp3) is 0.0500. The molecular formula is C20H15NO2. The van der Waals surface area contributed by atoms with Crippen molar-refractivity contribution in [2.24, 2.45) is 0 Å². The summed E-state index contributed by atoms with van der Waals surface area (Å²) in [7, 11) is 1.42. The van der Waals surface area contributed by atoms with Crippen LogP contribution in [0, 0.1) is 0 Å². The van der Waals surface area contributed by atoms with Crippen LogP contribution < -0.4 is 0 Å². The van der Waals surface area contributed by atoms with Crippen LogP contribution in [0.4, 0.5) is 0 Å². The minimum absolute atomic E-state index is 0.318. The highest BCUT2D eigenvalue weighted by Crippen LogP contribution is 2.31. The van der Waals surface area contributed by atoms with Gasteiger partial charge >= 0.3 is 5.97 Å². The molecule has 23 heavy (non-hydrogen) atoms. The molecule has 0 amide bonds. The van der Waals surface area contributed by atoms with E-state index >= 15 is 0 Å². The zero-order valence-electron chi connectivity index (χ0n) is 12.7. The molecule has 2 aromatic heterocycles. The van der Waals surface area contributed by atoms with Crippen molar-refractivity contribution in [2.45, 2.75) is 0 Å². The smallest absolute Gasteiger partial charge is 0.340 e. The van der Waals surface area contributed by atoms with Crippen LogP contribution in [0.5, 0.6) is 0 Å². The van der Waals surface area contributed by atoms with Crippen LogP contribution in [0.2, 0.25) is 0 Å². The SMILES string of the molecule is COC(=O)c1c(-c2ccccc2)cn2c1ccc1ccccc12. The van der Waals surface area contributed by atoms with Gasteiger partial charge in [-0.05, 0) is 23.1 Å². The molecule has 2 heterocycles. The molecule has 4 aromatic rings. The number of carbonyl (C=O) groups is 1. The molecular weight excluding hydrogens is 286 g/mol. The number of hydrogen-bond donors (Lipinski definition) is 0. The van der Waals surface area contributed by atoms with Crippen LogP contribution in [0.25, 0.3) is 27.5 Å². The summed E-state index contributed by atoms with van der Waals surface area (Å²) in [6.07, 6.45) is 2.01. The van der Waals surface area contributed by atoms with Crippen LogP contribution >= 0.6 is 0 Å². The molecule has 0 bridgehead atoms. The Kier molecular flexibility index (Phi) is 3.12. The summed E-state index contributed by atoms with van der Waals surface area (Å²) >= 11 is 0. The standard InChI is InChI=1S/C20H15NO2/c1-23-20(22)19-16(14-7-3-2-4-8-14)13-21-17-10-6-5-9-15(17)11-12-18(19)21/h2-13H,1H3. The summed E-state index contributed by atoms with van der Waals surface area (Å²) in [5.41, 5.74) is 4.41. The van der Waals surface area contributed by atoms with E-state index < -0.39 is 0 Å². The number of pyridine rings is 1. The lowest BCUT2D eigenvalue weighted by Crippen LogP contribution is -2.02. The fourth-order valence-corrected chi connectivity index (χ4v) is 3.05. The van der Waals surface area contributed by atoms with Crippen molar-refractivity contribution >= 4 is 22.4 Å². The Morgan fingerprint density at radius 2 is 1.61 bits per heavy atom. The Labute approximate surface area is 133 Å². The van der Waals surface area contributed by atoms with Crippen LogP contribution in [0.15, 0.2) is 72.9 Å². The van der Waals surface area contributed by atoms with E-state index in [1.165, 1.54) is 7.11 Å². The maximum Gasteiger partial charge on any atom is 0.340 e. The van der Waals surface area contributed by atoms with Crippen molar-refractivity contribution in [1.29, 1.82) is 0 Å². The van der Waals surface area contributed by atoms with Gasteiger partial charge in [0.15, 0.2) is 0 Å². The number of carbonyl (C=O) groups excluding carboxylic acids is 1. The van der Waals surface area contributed by atoms with Gasteiger partial charge in [-0.15, -0.1) is 0 Å². The first-order chi connectivity index (χ1) is 11.3. The molecule has 0 saturated heterocycles. The Morgan fingerprint density at radius 3 is 2.39 bits per heavy atom. The molecule has 0 aliphatic heterocycles. The van der Waals surface area contributed by atoms with Crippen LogP contribution in [-0.4, -0.2) is 17.5 Å². The number of ether oxygens (including phenoxy) is 1. The molecule has 0 N–H and O–H groups in total. The third kappa shape index (κ3) is 2.09. The molecule has 4 rings (SSSR count). The first kappa shape index (κ1) is 13.6. The second-order valence-corrected chi connectivity index (χ2v) is 5.42. The Balaban J connectivity index is 2.13. The van der Waals surface area contributed by atoms with Gasteiger partial charge in [0.1, 0.15) is 0 Å². The second kappa shape index (κ2) is 5.29. The minimum atomic E-state index is -0.318. The molecule has 112 valence electrons. The van der Waals surface area contributed by atoms with E-state index in [-0.39, 0.29) is 5.97 Å². The highest BCUT2D eigenvalue weighted by atomic mass is 16.5. The average molecular weight is 301 g/mol. The lowest BCUT2D eigenvalue weighted by atomic mass is 10.0. The Bertz CT molecular complexity index is 1020. The van der Waals surface area contributed by atoms with Gasteiger partial charge in [-0.3, -0.25) is 0 Å². The monoisotopic (exact) mass is 301 g/mol. The molecule has 0 unspecified atom stereocenters. The van der Waals surface area contributed by atoms with Crippen molar-refractivity contribution in [1.82, 2.24) is 4.40 Å². The minimum Gasteiger partial charge on any atom is -0.465 e. The Hall–Kier alpha value is -3.07. The number of rotatable bonds is 2. The quantitative estimate of drug-likeness (QED) is 0.509. The lowest BCUT2D eigenvalue weighted by Gasteiger charge is -2.04. The second-order valence-electron chi connectivity index (χ2n) is 5.42.